The van der Waals surface area contributed by atoms with E-state index >= 15 is 0 Å². The Labute approximate surface area is 159 Å². The van der Waals surface area contributed by atoms with Crippen LogP contribution in [0.15, 0.2) is 48.8 Å². The number of piperidine rings is 1. The Morgan fingerprint density at radius 1 is 1.19 bits per heavy atom. The standard InChI is InChI=1S/C22H25N3O2/c1-16-9-10-21-23-19(14-25(21)12-16)22(26)24-11-5-7-18(13-24)15-27-20-8-4-3-6-17(20)2/h3-4,6,8-10,12,14,18H,5,7,11,13,15H2,1-2H3. The number of likely N-dealkylation sites (tertiary alicyclic amines) is 1. The van der Waals surface area contributed by atoms with Crippen LogP contribution >= 0.6 is 0 Å². The summed E-state index contributed by atoms with van der Waals surface area (Å²) in [5.74, 6) is 1.29. The highest BCUT2D eigenvalue weighted by Gasteiger charge is 2.26. The second-order valence-electron chi connectivity index (χ2n) is 7.43. The topological polar surface area (TPSA) is 46.8 Å². The molecule has 1 atom stereocenters. The Morgan fingerprint density at radius 3 is 2.89 bits per heavy atom. The van der Waals surface area contributed by atoms with Gasteiger partial charge >= 0.3 is 0 Å². The summed E-state index contributed by atoms with van der Waals surface area (Å²) in [5.41, 5.74) is 3.60. The molecule has 0 N–H and O–H groups in total. The summed E-state index contributed by atoms with van der Waals surface area (Å²) in [6, 6.07) is 12.0. The number of rotatable bonds is 4. The van der Waals surface area contributed by atoms with E-state index in [1.165, 1.54) is 0 Å². The van der Waals surface area contributed by atoms with Crippen LogP contribution in [-0.2, 0) is 0 Å². The number of fused-ring (bicyclic) bond motifs is 1. The SMILES string of the molecule is Cc1ccc2nc(C(=O)N3CCCC(COc4ccccc4C)C3)cn2c1. The molecule has 1 fully saturated rings. The van der Waals surface area contributed by atoms with Gasteiger partial charge in [-0.15, -0.1) is 0 Å². The second kappa shape index (κ2) is 7.43. The Kier molecular flexibility index (Phi) is 4.84. The molecule has 0 spiro atoms. The summed E-state index contributed by atoms with van der Waals surface area (Å²) in [7, 11) is 0. The smallest absolute Gasteiger partial charge is 0.274 e. The highest BCUT2D eigenvalue weighted by Crippen LogP contribution is 2.22. The largest absolute Gasteiger partial charge is 0.493 e. The van der Waals surface area contributed by atoms with E-state index in [0.717, 1.165) is 48.5 Å². The minimum absolute atomic E-state index is 0.0111. The maximum Gasteiger partial charge on any atom is 0.274 e. The number of carbonyl (C=O) groups excluding carboxylic acids is 1. The van der Waals surface area contributed by atoms with Crippen molar-refractivity contribution in [3.63, 3.8) is 0 Å². The van der Waals surface area contributed by atoms with Gasteiger partial charge in [-0.2, -0.15) is 0 Å². The van der Waals surface area contributed by atoms with Crippen molar-refractivity contribution in [2.45, 2.75) is 26.7 Å². The lowest BCUT2D eigenvalue weighted by molar-refractivity contribution is 0.0628. The number of amides is 1. The van der Waals surface area contributed by atoms with Crippen molar-refractivity contribution in [2.75, 3.05) is 19.7 Å². The molecule has 0 aliphatic carbocycles. The van der Waals surface area contributed by atoms with Crippen LogP contribution in [0.5, 0.6) is 5.75 Å². The van der Waals surface area contributed by atoms with Crippen molar-refractivity contribution in [3.8, 4) is 5.75 Å². The first-order valence-electron chi connectivity index (χ1n) is 9.53. The van der Waals surface area contributed by atoms with Crippen molar-refractivity contribution < 1.29 is 9.53 Å². The number of benzene rings is 1. The molecule has 3 aromatic rings. The molecule has 1 aromatic carbocycles. The van der Waals surface area contributed by atoms with Crippen molar-refractivity contribution in [2.24, 2.45) is 5.92 Å². The Balaban J connectivity index is 1.42. The molecule has 2 aromatic heterocycles. The van der Waals surface area contributed by atoms with Crippen molar-refractivity contribution in [1.82, 2.24) is 14.3 Å². The Bertz CT molecular complexity index is 963. The van der Waals surface area contributed by atoms with Crippen LogP contribution in [0.4, 0.5) is 0 Å². The maximum absolute atomic E-state index is 12.9. The Morgan fingerprint density at radius 2 is 2.04 bits per heavy atom. The third-order valence-electron chi connectivity index (χ3n) is 5.19. The third kappa shape index (κ3) is 3.82. The van der Waals surface area contributed by atoms with E-state index in [9.17, 15) is 4.79 Å². The molecule has 140 valence electrons. The zero-order valence-electron chi connectivity index (χ0n) is 15.9. The number of hydrogen-bond acceptors (Lipinski definition) is 3. The molecule has 1 saturated heterocycles. The maximum atomic E-state index is 12.9. The summed E-state index contributed by atoms with van der Waals surface area (Å²) in [4.78, 5) is 19.4. The fourth-order valence-electron chi connectivity index (χ4n) is 3.68. The van der Waals surface area contributed by atoms with E-state index in [1.807, 2.05) is 58.9 Å². The summed E-state index contributed by atoms with van der Waals surface area (Å²) in [6.07, 6.45) is 5.91. The first-order chi connectivity index (χ1) is 13.1. The van der Waals surface area contributed by atoms with Crippen molar-refractivity contribution >= 4 is 11.6 Å². The molecule has 0 saturated carbocycles. The first-order valence-corrected chi connectivity index (χ1v) is 9.53. The highest BCUT2D eigenvalue weighted by atomic mass is 16.5. The third-order valence-corrected chi connectivity index (χ3v) is 5.19. The van der Waals surface area contributed by atoms with Crippen LogP contribution in [0.1, 0.15) is 34.5 Å². The quantitative estimate of drug-likeness (QED) is 0.707. The van der Waals surface area contributed by atoms with E-state index in [-0.39, 0.29) is 5.91 Å². The molecule has 0 bridgehead atoms. The van der Waals surface area contributed by atoms with Gasteiger partial charge in [0.15, 0.2) is 0 Å². The van der Waals surface area contributed by atoms with Gasteiger partial charge in [-0.1, -0.05) is 24.3 Å². The lowest BCUT2D eigenvalue weighted by Gasteiger charge is -2.32. The summed E-state index contributed by atoms with van der Waals surface area (Å²) < 4.78 is 7.94. The lowest BCUT2D eigenvalue weighted by atomic mass is 9.98. The number of carbonyl (C=O) groups is 1. The lowest BCUT2D eigenvalue weighted by Crippen LogP contribution is -2.41. The predicted molar refractivity (Wildman–Crippen MR) is 105 cm³/mol. The Hall–Kier alpha value is -2.82. The number of aromatic nitrogens is 2. The van der Waals surface area contributed by atoms with Crippen LogP contribution in [0, 0.1) is 19.8 Å². The highest BCUT2D eigenvalue weighted by molar-refractivity contribution is 5.93. The fourth-order valence-corrected chi connectivity index (χ4v) is 3.68. The van der Waals surface area contributed by atoms with Gasteiger partial charge < -0.3 is 14.0 Å². The van der Waals surface area contributed by atoms with E-state index in [1.54, 1.807) is 0 Å². The van der Waals surface area contributed by atoms with Gasteiger partial charge in [-0.05, 0) is 49.9 Å². The molecule has 5 nitrogen and oxygen atoms in total. The average molecular weight is 363 g/mol. The molecule has 5 heteroatoms. The van der Waals surface area contributed by atoms with Crippen LogP contribution in [0.2, 0.25) is 0 Å². The fraction of sp³-hybridized carbons (Fsp3) is 0.364. The van der Waals surface area contributed by atoms with E-state index in [2.05, 4.69) is 18.0 Å². The number of ether oxygens (including phenoxy) is 1. The van der Waals surface area contributed by atoms with Gasteiger partial charge in [0.2, 0.25) is 0 Å². The molecule has 0 radical (unpaired) electrons. The van der Waals surface area contributed by atoms with Crippen LogP contribution < -0.4 is 4.74 Å². The number of imidazole rings is 1. The molecular formula is C22H25N3O2. The number of para-hydroxylation sites is 1. The van der Waals surface area contributed by atoms with Gasteiger partial charge in [0, 0.05) is 31.4 Å². The van der Waals surface area contributed by atoms with Gasteiger partial charge in [0.1, 0.15) is 17.1 Å². The second-order valence-corrected chi connectivity index (χ2v) is 7.43. The molecule has 1 amide bonds. The van der Waals surface area contributed by atoms with Crippen molar-refractivity contribution in [1.29, 1.82) is 0 Å². The summed E-state index contributed by atoms with van der Waals surface area (Å²) in [5, 5.41) is 0. The number of pyridine rings is 1. The van der Waals surface area contributed by atoms with Gasteiger partial charge in [-0.25, -0.2) is 4.98 Å². The van der Waals surface area contributed by atoms with Crippen LogP contribution in [0.25, 0.3) is 5.65 Å². The summed E-state index contributed by atoms with van der Waals surface area (Å²) in [6.45, 7) is 6.23. The number of nitrogens with zero attached hydrogens (tertiary/aromatic N) is 3. The zero-order valence-corrected chi connectivity index (χ0v) is 15.9. The van der Waals surface area contributed by atoms with Gasteiger partial charge in [0.05, 0.1) is 6.61 Å². The van der Waals surface area contributed by atoms with Crippen molar-refractivity contribution in [3.05, 3.63) is 65.6 Å². The zero-order chi connectivity index (χ0) is 18.8. The normalized spacial score (nSPS) is 17.3. The van der Waals surface area contributed by atoms with E-state index in [4.69, 9.17) is 4.74 Å². The molecule has 1 aliphatic rings. The molecular weight excluding hydrogens is 338 g/mol. The molecule has 4 rings (SSSR count). The summed E-state index contributed by atoms with van der Waals surface area (Å²) >= 11 is 0. The van der Waals surface area contributed by atoms with Crippen LogP contribution in [0.3, 0.4) is 0 Å². The first kappa shape index (κ1) is 17.6. The monoisotopic (exact) mass is 363 g/mol. The molecule has 3 heterocycles. The molecule has 1 unspecified atom stereocenters. The molecule has 27 heavy (non-hydrogen) atoms. The average Bonchev–Trinajstić information content (AvgIpc) is 3.10. The van der Waals surface area contributed by atoms with Gasteiger partial charge in [-0.3, -0.25) is 4.79 Å². The molecule has 1 aliphatic heterocycles. The van der Waals surface area contributed by atoms with Gasteiger partial charge in [0.25, 0.3) is 5.91 Å². The van der Waals surface area contributed by atoms with E-state index in [0.29, 0.717) is 18.2 Å². The minimum atomic E-state index is 0.0111. The minimum Gasteiger partial charge on any atom is -0.493 e. The predicted octanol–water partition coefficient (Wildman–Crippen LogP) is 3.88. The van der Waals surface area contributed by atoms with E-state index < -0.39 is 0 Å². The number of aryl methyl sites for hydroxylation is 2. The van der Waals surface area contributed by atoms with Crippen LogP contribution in [-0.4, -0.2) is 39.9 Å². The number of hydrogen-bond donors (Lipinski definition) is 0.